The highest BCUT2D eigenvalue weighted by atomic mass is 32.2. The molecule has 1 heterocycles. The number of carbonyl (C=O) groups excluding carboxylic acids is 1. The molecule has 1 atom stereocenters. The number of benzene rings is 1. The van der Waals surface area contributed by atoms with Crippen LogP contribution in [0.4, 0.5) is 4.39 Å². The van der Waals surface area contributed by atoms with Crippen LogP contribution in [0.2, 0.25) is 0 Å². The van der Waals surface area contributed by atoms with Gasteiger partial charge >= 0.3 is 5.97 Å². The molecule has 1 fully saturated rings. The zero-order valence-electron chi connectivity index (χ0n) is 13.8. The maximum absolute atomic E-state index is 12.9. The largest absolute Gasteiger partial charge is 0.481 e. The number of carbonyl (C=O) groups is 2. The molecule has 0 aliphatic carbocycles. The fourth-order valence-corrected chi connectivity index (χ4v) is 4.02. The Labute approximate surface area is 145 Å². The molecule has 0 bridgehead atoms. The predicted octanol–water partition coefficient (Wildman–Crippen LogP) is 1.21. The molecule has 1 aromatic rings. The summed E-state index contributed by atoms with van der Waals surface area (Å²) in [6.07, 6.45) is 0.947. The molecule has 0 saturated carbocycles. The molecule has 1 aliphatic rings. The van der Waals surface area contributed by atoms with Gasteiger partial charge in [0.1, 0.15) is 11.9 Å². The maximum Gasteiger partial charge on any atom is 0.306 e. The van der Waals surface area contributed by atoms with Gasteiger partial charge in [-0.15, -0.1) is 0 Å². The van der Waals surface area contributed by atoms with Gasteiger partial charge in [-0.05, 0) is 43.5 Å². The van der Waals surface area contributed by atoms with E-state index in [1.165, 1.54) is 4.90 Å². The number of sulfonamides is 1. The van der Waals surface area contributed by atoms with Crippen LogP contribution in [0.1, 0.15) is 26.2 Å². The SMILES string of the molecule is CCC(NS(=O)(=O)c1ccc(F)cc1)C(=O)N1CCC(C(=O)O)CC1. The number of hydrogen-bond donors (Lipinski definition) is 2. The average molecular weight is 372 g/mol. The van der Waals surface area contributed by atoms with Gasteiger partial charge in [0.15, 0.2) is 0 Å². The van der Waals surface area contributed by atoms with Gasteiger partial charge in [0, 0.05) is 13.1 Å². The summed E-state index contributed by atoms with van der Waals surface area (Å²) >= 11 is 0. The van der Waals surface area contributed by atoms with Crippen molar-refractivity contribution in [2.45, 2.75) is 37.1 Å². The van der Waals surface area contributed by atoms with Crippen molar-refractivity contribution in [1.82, 2.24) is 9.62 Å². The smallest absolute Gasteiger partial charge is 0.306 e. The average Bonchev–Trinajstić information content (AvgIpc) is 2.59. The Hall–Kier alpha value is -2.00. The standard InChI is InChI=1S/C16H21FN2O5S/c1-2-14(15(20)19-9-7-11(8-10-19)16(21)22)18-25(23,24)13-5-3-12(17)4-6-13/h3-6,11,14,18H,2,7-10H2,1H3,(H,21,22). The molecule has 0 radical (unpaired) electrons. The fraction of sp³-hybridized carbons (Fsp3) is 0.500. The van der Waals surface area contributed by atoms with E-state index in [0.717, 1.165) is 24.3 Å². The Morgan fingerprint density at radius 3 is 2.32 bits per heavy atom. The summed E-state index contributed by atoms with van der Waals surface area (Å²) in [7, 11) is -3.95. The number of carboxylic acid groups (broad SMARTS) is 1. The molecule has 0 aromatic heterocycles. The minimum Gasteiger partial charge on any atom is -0.481 e. The van der Waals surface area contributed by atoms with E-state index in [1.807, 2.05) is 0 Å². The summed E-state index contributed by atoms with van der Waals surface area (Å²) in [5, 5.41) is 9.00. The molecule has 1 amide bonds. The number of nitrogens with zero attached hydrogens (tertiary/aromatic N) is 1. The lowest BCUT2D eigenvalue weighted by atomic mass is 9.96. The number of rotatable bonds is 6. The number of hydrogen-bond acceptors (Lipinski definition) is 4. The number of nitrogens with one attached hydrogen (secondary N) is 1. The molecule has 0 spiro atoms. The first-order valence-electron chi connectivity index (χ1n) is 8.04. The van der Waals surface area contributed by atoms with Crippen molar-refractivity contribution in [3.05, 3.63) is 30.1 Å². The summed E-state index contributed by atoms with van der Waals surface area (Å²) in [6, 6.07) is 3.39. The molecule has 1 aromatic carbocycles. The first-order valence-corrected chi connectivity index (χ1v) is 9.52. The minimum absolute atomic E-state index is 0.121. The number of halogens is 1. The number of amides is 1. The second kappa shape index (κ2) is 7.92. The van der Waals surface area contributed by atoms with Gasteiger partial charge < -0.3 is 10.0 Å². The Morgan fingerprint density at radius 2 is 1.84 bits per heavy atom. The summed E-state index contributed by atoms with van der Waals surface area (Å²) < 4.78 is 40.0. The molecule has 2 N–H and O–H groups in total. The highest BCUT2D eigenvalue weighted by molar-refractivity contribution is 7.89. The second-order valence-corrected chi connectivity index (χ2v) is 7.69. The van der Waals surface area contributed by atoms with E-state index in [0.29, 0.717) is 12.8 Å². The molecule has 7 nitrogen and oxygen atoms in total. The fourth-order valence-electron chi connectivity index (χ4n) is 2.74. The van der Waals surface area contributed by atoms with Gasteiger partial charge in [0.2, 0.25) is 15.9 Å². The Kier molecular flexibility index (Phi) is 6.12. The van der Waals surface area contributed by atoms with Gasteiger partial charge in [0.25, 0.3) is 0 Å². The Bertz CT molecular complexity index is 727. The van der Waals surface area contributed by atoms with Crippen LogP contribution in [-0.4, -0.2) is 49.4 Å². The zero-order chi connectivity index (χ0) is 18.6. The van der Waals surface area contributed by atoms with Crippen LogP contribution in [0.3, 0.4) is 0 Å². The van der Waals surface area contributed by atoms with Crippen molar-refractivity contribution in [3.63, 3.8) is 0 Å². The third kappa shape index (κ3) is 4.76. The van der Waals surface area contributed by atoms with Gasteiger partial charge in [0.05, 0.1) is 10.8 Å². The molecule has 1 unspecified atom stereocenters. The van der Waals surface area contributed by atoms with E-state index < -0.39 is 33.8 Å². The number of aliphatic carboxylic acids is 1. The van der Waals surface area contributed by atoms with Crippen molar-refractivity contribution in [2.75, 3.05) is 13.1 Å². The van der Waals surface area contributed by atoms with Crippen molar-refractivity contribution < 1.29 is 27.5 Å². The third-order valence-electron chi connectivity index (χ3n) is 4.28. The summed E-state index contributed by atoms with van der Waals surface area (Å²) in [6.45, 7) is 2.24. The molecular formula is C16H21FN2O5S. The van der Waals surface area contributed by atoms with Crippen LogP contribution in [-0.2, 0) is 19.6 Å². The quantitative estimate of drug-likeness (QED) is 0.781. The van der Waals surface area contributed by atoms with Crippen LogP contribution >= 0.6 is 0 Å². The molecule has 1 saturated heterocycles. The van der Waals surface area contributed by atoms with Crippen LogP contribution < -0.4 is 4.72 Å². The van der Waals surface area contributed by atoms with E-state index in [4.69, 9.17) is 5.11 Å². The lowest BCUT2D eigenvalue weighted by Gasteiger charge is -2.32. The topological polar surface area (TPSA) is 104 Å². The van der Waals surface area contributed by atoms with Gasteiger partial charge in [-0.3, -0.25) is 9.59 Å². The first-order chi connectivity index (χ1) is 11.7. The summed E-state index contributed by atoms with van der Waals surface area (Å²) in [4.78, 5) is 24.9. The second-order valence-electron chi connectivity index (χ2n) is 5.97. The Morgan fingerprint density at radius 1 is 1.28 bits per heavy atom. The summed E-state index contributed by atoms with van der Waals surface area (Å²) in [5.74, 6) is -2.28. The van der Waals surface area contributed by atoms with Crippen molar-refractivity contribution in [2.24, 2.45) is 5.92 Å². The predicted molar refractivity (Wildman–Crippen MR) is 87.7 cm³/mol. The van der Waals surface area contributed by atoms with E-state index >= 15 is 0 Å². The van der Waals surface area contributed by atoms with Gasteiger partial charge in [-0.25, -0.2) is 12.8 Å². The molecular weight excluding hydrogens is 351 g/mol. The molecule has 25 heavy (non-hydrogen) atoms. The monoisotopic (exact) mass is 372 g/mol. The minimum atomic E-state index is -3.95. The number of likely N-dealkylation sites (tertiary alicyclic amines) is 1. The molecule has 9 heteroatoms. The summed E-state index contributed by atoms with van der Waals surface area (Å²) in [5.41, 5.74) is 0. The normalized spacial score (nSPS) is 17.3. The third-order valence-corrected chi connectivity index (χ3v) is 5.77. The van der Waals surface area contributed by atoms with E-state index in [2.05, 4.69) is 4.72 Å². The van der Waals surface area contributed by atoms with Crippen LogP contribution in [0.15, 0.2) is 29.2 Å². The number of piperidine rings is 1. The van der Waals surface area contributed by atoms with Crippen molar-refractivity contribution >= 4 is 21.9 Å². The maximum atomic E-state index is 12.9. The molecule has 2 rings (SSSR count). The lowest BCUT2D eigenvalue weighted by Crippen LogP contribution is -2.50. The van der Waals surface area contributed by atoms with Gasteiger partial charge in [-0.1, -0.05) is 6.92 Å². The van der Waals surface area contributed by atoms with Crippen molar-refractivity contribution in [3.8, 4) is 0 Å². The zero-order valence-corrected chi connectivity index (χ0v) is 14.6. The van der Waals surface area contributed by atoms with Crippen LogP contribution in [0, 0.1) is 11.7 Å². The van der Waals surface area contributed by atoms with E-state index in [1.54, 1.807) is 6.92 Å². The Balaban J connectivity index is 2.05. The van der Waals surface area contributed by atoms with E-state index in [9.17, 15) is 22.4 Å². The molecule has 138 valence electrons. The van der Waals surface area contributed by atoms with Crippen LogP contribution in [0.5, 0.6) is 0 Å². The van der Waals surface area contributed by atoms with Crippen molar-refractivity contribution in [1.29, 1.82) is 0 Å². The highest BCUT2D eigenvalue weighted by Gasteiger charge is 2.32. The van der Waals surface area contributed by atoms with E-state index in [-0.39, 0.29) is 30.3 Å². The highest BCUT2D eigenvalue weighted by Crippen LogP contribution is 2.19. The molecule has 1 aliphatic heterocycles. The first kappa shape index (κ1) is 19.3. The van der Waals surface area contributed by atoms with Gasteiger partial charge in [-0.2, -0.15) is 4.72 Å². The lowest BCUT2D eigenvalue weighted by molar-refractivity contribution is -0.146. The number of carboxylic acids is 1. The van der Waals surface area contributed by atoms with Crippen LogP contribution in [0.25, 0.3) is 0 Å².